The van der Waals surface area contributed by atoms with Gasteiger partial charge in [-0.2, -0.15) is 22.0 Å². The number of benzene rings is 2. The van der Waals surface area contributed by atoms with Crippen LogP contribution in [0.25, 0.3) is 5.57 Å². The molecule has 0 aliphatic carbocycles. The number of allylic oxidation sites excluding steroid dienone is 1. The average Bonchev–Trinajstić information content (AvgIpc) is 2.54. The van der Waals surface area contributed by atoms with E-state index in [9.17, 15) is 26.7 Å². The minimum absolute atomic E-state index is 0.0173. The number of thioether (sulfide) groups is 1. The molecule has 0 aliphatic heterocycles. The van der Waals surface area contributed by atoms with Crippen LogP contribution in [0.15, 0.2) is 65.6 Å². The van der Waals surface area contributed by atoms with Crippen molar-refractivity contribution in [2.24, 2.45) is 0 Å². The van der Waals surface area contributed by atoms with Crippen LogP contribution in [-0.2, 0) is 4.79 Å². The molecule has 0 bridgehead atoms. The van der Waals surface area contributed by atoms with Crippen molar-refractivity contribution < 1.29 is 26.7 Å². The van der Waals surface area contributed by atoms with E-state index in [1.165, 1.54) is 48.5 Å². The number of halogens is 5. The Morgan fingerprint density at radius 1 is 1.00 bits per heavy atom. The first-order chi connectivity index (χ1) is 11.8. The van der Waals surface area contributed by atoms with Gasteiger partial charge >= 0.3 is 6.18 Å². The Kier molecular flexibility index (Phi) is 6.19. The summed E-state index contributed by atoms with van der Waals surface area (Å²) < 4.78 is 64.6. The summed E-state index contributed by atoms with van der Waals surface area (Å²) in [6.07, 6.45) is -4.32. The Morgan fingerprint density at radius 3 is 2.20 bits per heavy atom. The standard InChI is InChI=1S/C17H12F5NOS/c18-16(19)25-14-9-5-4-8-13(14)23-15(24)10-12(17(20,21)22)11-6-2-1-3-7-11/h1-10,16H,(H,23,24)/b12-10-. The number of rotatable bonds is 5. The molecule has 25 heavy (non-hydrogen) atoms. The van der Waals surface area contributed by atoms with Gasteiger partial charge < -0.3 is 5.32 Å². The summed E-state index contributed by atoms with van der Waals surface area (Å²) in [6, 6.07) is 12.5. The third-order valence-electron chi connectivity index (χ3n) is 3.03. The van der Waals surface area contributed by atoms with Gasteiger partial charge in [-0.25, -0.2) is 0 Å². The smallest absolute Gasteiger partial charge is 0.321 e. The second kappa shape index (κ2) is 8.15. The van der Waals surface area contributed by atoms with Crippen LogP contribution in [0.1, 0.15) is 5.56 Å². The van der Waals surface area contributed by atoms with Gasteiger partial charge in [-0.1, -0.05) is 54.2 Å². The van der Waals surface area contributed by atoms with Crippen LogP contribution in [0.2, 0.25) is 0 Å². The van der Waals surface area contributed by atoms with E-state index >= 15 is 0 Å². The van der Waals surface area contributed by atoms with Crippen LogP contribution in [0.3, 0.4) is 0 Å². The van der Waals surface area contributed by atoms with Crippen LogP contribution in [-0.4, -0.2) is 17.8 Å². The molecule has 8 heteroatoms. The van der Waals surface area contributed by atoms with Gasteiger partial charge in [0, 0.05) is 11.0 Å². The highest BCUT2D eigenvalue weighted by Crippen LogP contribution is 2.34. The van der Waals surface area contributed by atoms with Crippen molar-refractivity contribution in [3.63, 3.8) is 0 Å². The lowest BCUT2D eigenvalue weighted by molar-refractivity contribution is -0.112. The van der Waals surface area contributed by atoms with E-state index in [0.29, 0.717) is 6.08 Å². The van der Waals surface area contributed by atoms with Gasteiger partial charge in [-0.15, -0.1) is 0 Å². The number of hydrogen-bond acceptors (Lipinski definition) is 2. The molecule has 0 saturated heterocycles. The van der Waals surface area contributed by atoms with Crippen LogP contribution in [0.5, 0.6) is 0 Å². The number of hydrogen-bond donors (Lipinski definition) is 1. The van der Waals surface area contributed by atoms with Gasteiger partial charge in [0.1, 0.15) is 0 Å². The number of carbonyl (C=O) groups is 1. The van der Waals surface area contributed by atoms with E-state index in [4.69, 9.17) is 0 Å². The zero-order valence-electron chi connectivity index (χ0n) is 12.6. The van der Waals surface area contributed by atoms with Gasteiger partial charge in [0.05, 0.1) is 11.3 Å². The van der Waals surface area contributed by atoms with Crippen molar-refractivity contribution in [2.45, 2.75) is 16.8 Å². The van der Waals surface area contributed by atoms with Crippen molar-refractivity contribution >= 4 is 28.9 Å². The molecule has 0 aliphatic rings. The first-order valence-corrected chi connectivity index (χ1v) is 7.84. The Labute approximate surface area is 144 Å². The fraction of sp³-hybridized carbons (Fsp3) is 0.118. The second-order valence-electron chi connectivity index (χ2n) is 4.79. The molecule has 0 saturated carbocycles. The number of nitrogens with one attached hydrogen (secondary N) is 1. The highest BCUT2D eigenvalue weighted by Gasteiger charge is 2.35. The third-order valence-corrected chi connectivity index (χ3v) is 3.81. The molecule has 0 atom stereocenters. The summed E-state index contributed by atoms with van der Waals surface area (Å²) in [4.78, 5) is 12.1. The lowest BCUT2D eigenvalue weighted by atomic mass is 10.1. The van der Waals surface area contributed by atoms with Gasteiger partial charge in [0.25, 0.3) is 5.76 Å². The summed E-state index contributed by atoms with van der Waals surface area (Å²) in [7, 11) is 0. The van der Waals surface area contributed by atoms with E-state index in [0.717, 1.165) is 0 Å². The zero-order valence-corrected chi connectivity index (χ0v) is 13.4. The second-order valence-corrected chi connectivity index (χ2v) is 5.82. The molecule has 1 amide bonds. The highest BCUT2D eigenvalue weighted by molar-refractivity contribution is 7.99. The first kappa shape index (κ1) is 19.0. The molecule has 0 aromatic heterocycles. The van der Waals surface area contributed by atoms with E-state index in [1.807, 2.05) is 0 Å². The Hall–Kier alpha value is -2.35. The summed E-state index contributed by atoms with van der Waals surface area (Å²) in [6.45, 7) is 0. The maximum atomic E-state index is 13.2. The zero-order chi connectivity index (χ0) is 18.4. The predicted octanol–water partition coefficient (Wildman–Crippen LogP) is 5.59. The van der Waals surface area contributed by atoms with Crippen LogP contribution in [0, 0.1) is 0 Å². The van der Waals surface area contributed by atoms with Gasteiger partial charge in [-0.3, -0.25) is 4.79 Å². The van der Waals surface area contributed by atoms with Crippen molar-refractivity contribution in [1.29, 1.82) is 0 Å². The number of amides is 1. The van der Waals surface area contributed by atoms with Crippen LogP contribution < -0.4 is 5.32 Å². The van der Waals surface area contributed by atoms with Crippen molar-refractivity contribution in [2.75, 3.05) is 5.32 Å². The van der Waals surface area contributed by atoms with Crippen molar-refractivity contribution in [1.82, 2.24) is 0 Å². The van der Waals surface area contributed by atoms with E-state index in [2.05, 4.69) is 5.32 Å². The van der Waals surface area contributed by atoms with Crippen molar-refractivity contribution in [3.8, 4) is 0 Å². The number of anilines is 1. The first-order valence-electron chi connectivity index (χ1n) is 6.96. The lowest BCUT2D eigenvalue weighted by Crippen LogP contribution is -2.16. The van der Waals surface area contributed by atoms with E-state index in [1.54, 1.807) is 6.07 Å². The number of para-hydroxylation sites is 1. The minimum atomic E-state index is -4.74. The molecule has 0 radical (unpaired) electrons. The SMILES string of the molecule is O=C(/C=C(/c1ccccc1)C(F)(F)F)Nc1ccccc1SC(F)F. The lowest BCUT2D eigenvalue weighted by Gasteiger charge is -2.13. The summed E-state index contributed by atoms with van der Waals surface area (Å²) in [5, 5.41) is 2.22. The monoisotopic (exact) mass is 373 g/mol. The minimum Gasteiger partial charge on any atom is -0.321 e. The molecule has 2 nitrogen and oxygen atoms in total. The fourth-order valence-electron chi connectivity index (χ4n) is 2.02. The molecule has 0 fully saturated rings. The van der Waals surface area contributed by atoms with Gasteiger partial charge in [-0.05, 0) is 17.7 Å². The van der Waals surface area contributed by atoms with Crippen LogP contribution >= 0.6 is 11.8 Å². The molecule has 0 heterocycles. The largest absolute Gasteiger partial charge is 0.417 e. The molecule has 2 aromatic carbocycles. The Balaban J connectivity index is 2.29. The maximum Gasteiger partial charge on any atom is 0.417 e. The van der Waals surface area contributed by atoms with E-state index < -0.39 is 23.4 Å². The van der Waals surface area contributed by atoms with Crippen molar-refractivity contribution in [3.05, 3.63) is 66.2 Å². The normalized spacial score (nSPS) is 12.3. The summed E-state index contributed by atoms with van der Waals surface area (Å²) in [5.41, 5.74) is -1.27. The average molecular weight is 373 g/mol. The molecular formula is C17H12F5NOS. The molecule has 132 valence electrons. The number of carbonyl (C=O) groups excluding carboxylic acids is 1. The maximum absolute atomic E-state index is 13.2. The summed E-state index contributed by atoms with van der Waals surface area (Å²) >= 11 is 0.197. The van der Waals surface area contributed by atoms with Gasteiger partial charge in [0.15, 0.2) is 0 Å². The quantitative estimate of drug-likeness (QED) is 0.421. The summed E-state index contributed by atoms with van der Waals surface area (Å²) in [5.74, 6) is -3.78. The Morgan fingerprint density at radius 2 is 1.60 bits per heavy atom. The molecular weight excluding hydrogens is 361 g/mol. The molecule has 2 aromatic rings. The number of alkyl halides is 5. The highest BCUT2D eigenvalue weighted by atomic mass is 32.2. The third kappa shape index (κ3) is 5.60. The molecule has 0 spiro atoms. The predicted molar refractivity (Wildman–Crippen MR) is 87.4 cm³/mol. The molecule has 1 N–H and O–H groups in total. The fourth-order valence-corrected chi connectivity index (χ4v) is 2.61. The van der Waals surface area contributed by atoms with Gasteiger partial charge in [0.2, 0.25) is 5.91 Å². The van der Waals surface area contributed by atoms with E-state index in [-0.39, 0.29) is 27.9 Å². The molecule has 0 unspecified atom stereocenters. The topological polar surface area (TPSA) is 29.1 Å². The van der Waals surface area contributed by atoms with Crippen LogP contribution in [0.4, 0.5) is 27.6 Å². The molecule has 2 rings (SSSR count). The Bertz CT molecular complexity index is 759.